The fraction of sp³-hybridized carbons (Fsp3) is 0.167. The van der Waals surface area contributed by atoms with Crippen molar-refractivity contribution in [1.29, 1.82) is 0 Å². The number of aliphatic hydroxyl groups is 1. The van der Waals surface area contributed by atoms with Crippen LogP contribution in [0.3, 0.4) is 0 Å². The van der Waals surface area contributed by atoms with Gasteiger partial charge in [0.15, 0.2) is 0 Å². The lowest BCUT2D eigenvalue weighted by molar-refractivity contribution is 0.130. The highest BCUT2D eigenvalue weighted by Crippen LogP contribution is 2.32. The Kier molecular flexibility index (Phi) is 3.84. The van der Waals surface area contributed by atoms with Crippen molar-refractivity contribution in [2.24, 2.45) is 0 Å². The summed E-state index contributed by atoms with van der Waals surface area (Å²) in [5.41, 5.74) is 1.97. The molecule has 0 saturated heterocycles. The lowest BCUT2D eigenvalue weighted by Crippen LogP contribution is -2.19. The van der Waals surface area contributed by atoms with Crippen LogP contribution in [0.25, 0.3) is 0 Å². The largest absolute Gasteiger partial charge is 0.386 e. The molecule has 0 aliphatic heterocycles. The maximum atomic E-state index is 10.9. The molecule has 0 amide bonds. The van der Waals surface area contributed by atoms with Crippen molar-refractivity contribution in [2.75, 3.05) is 0 Å². The van der Waals surface area contributed by atoms with Crippen molar-refractivity contribution in [2.45, 2.75) is 19.1 Å². The summed E-state index contributed by atoms with van der Waals surface area (Å²) in [6.45, 7) is 1.95. The van der Waals surface area contributed by atoms with Crippen molar-refractivity contribution < 1.29 is 5.11 Å². The first-order valence-electron chi connectivity index (χ1n) is 7.05. The Morgan fingerprint density at radius 2 is 1.48 bits per heavy atom. The third-order valence-corrected chi connectivity index (χ3v) is 3.74. The van der Waals surface area contributed by atoms with Crippen LogP contribution in [0.5, 0.6) is 0 Å². The van der Waals surface area contributed by atoms with Crippen molar-refractivity contribution in [1.82, 2.24) is 9.55 Å². The maximum Gasteiger partial charge on any atom is 0.106 e. The molecule has 3 rings (SSSR count). The van der Waals surface area contributed by atoms with Gasteiger partial charge in [0, 0.05) is 12.4 Å². The second-order valence-corrected chi connectivity index (χ2v) is 5.09. The minimum atomic E-state index is -0.624. The minimum Gasteiger partial charge on any atom is -0.386 e. The van der Waals surface area contributed by atoms with Gasteiger partial charge >= 0.3 is 0 Å². The van der Waals surface area contributed by atoms with Gasteiger partial charge in [-0.15, -0.1) is 0 Å². The molecule has 2 unspecified atom stereocenters. The van der Waals surface area contributed by atoms with Crippen molar-refractivity contribution in [3.8, 4) is 0 Å². The van der Waals surface area contributed by atoms with Crippen LogP contribution in [0.4, 0.5) is 0 Å². The van der Waals surface area contributed by atoms with Gasteiger partial charge in [0.1, 0.15) is 11.9 Å². The second-order valence-electron chi connectivity index (χ2n) is 5.09. The fourth-order valence-corrected chi connectivity index (χ4v) is 2.66. The second kappa shape index (κ2) is 5.94. The van der Waals surface area contributed by atoms with E-state index in [9.17, 15) is 5.11 Å². The average molecular weight is 278 g/mol. The number of hydrogen-bond acceptors (Lipinski definition) is 2. The first-order chi connectivity index (χ1) is 10.3. The van der Waals surface area contributed by atoms with E-state index < -0.39 is 6.10 Å². The summed E-state index contributed by atoms with van der Waals surface area (Å²) in [5.74, 6) is 0.888. The zero-order valence-corrected chi connectivity index (χ0v) is 11.9. The SMILES string of the molecule is Cc1nccn1C(c1ccccc1)C(O)c1ccccc1. The molecule has 0 radical (unpaired) electrons. The summed E-state index contributed by atoms with van der Waals surface area (Å²) in [6, 6.07) is 19.6. The van der Waals surface area contributed by atoms with E-state index in [1.165, 1.54) is 0 Å². The Balaban J connectivity index is 2.07. The summed E-state index contributed by atoms with van der Waals surface area (Å²) in [7, 11) is 0. The van der Waals surface area contributed by atoms with E-state index >= 15 is 0 Å². The van der Waals surface area contributed by atoms with E-state index in [0.717, 1.165) is 17.0 Å². The molecular formula is C18H18N2O. The van der Waals surface area contributed by atoms with Gasteiger partial charge in [-0.3, -0.25) is 0 Å². The topological polar surface area (TPSA) is 38.0 Å². The van der Waals surface area contributed by atoms with Gasteiger partial charge in [-0.2, -0.15) is 0 Å². The number of aliphatic hydroxyl groups excluding tert-OH is 1. The zero-order valence-electron chi connectivity index (χ0n) is 11.9. The average Bonchev–Trinajstić information content (AvgIpc) is 2.95. The molecule has 2 atom stereocenters. The predicted octanol–water partition coefficient (Wildman–Crippen LogP) is 3.51. The number of nitrogens with zero attached hydrogens (tertiary/aromatic N) is 2. The van der Waals surface area contributed by atoms with Crippen LogP contribution in [0.1, 0.15) is 29.1 Å². The fourth-order valence-electron chi connectivity index (χ4n) is 2.66. The van der Waals surface area contributed by atoms with Crippen LogP contribution in [0.2, 0.25) is 0 Å². The molecule has 2 aromatic carbocycles. The van der Waals surface area contributed by atoms with Gasteiger partial charge in [-0.25, -0.2) is 4.98 Å². The molecule has 3 heteroatoms. The number of aryl methyl sites for hydroxylation is 1. The molecule has 0 saturated carbocycles. The molecule has 106 valence electrons. The zero-order chi connectivity index (χ0) is 14.7. The molecule has 3 aromatic rings. The molecule has 0 aliphatic rings. The van der Waals surface area contributed by atoms with Crippen LogP contribution in [-0.2, 0) is 0 Å². The van der Waals surface area contributed by atoms with E-state index in [1.54, 1.807) is 6.20 Å². The van der Waals surface area contributed by atoms with E-state index in [-0.39, 0.29) is 6.04 Å². The monoisotopic (exact) mass is 278 g/mol. The van der Waals surface area contributed by atoms with E-state index in [2.05, 4.69) is 4.98 Å². The van der Waals surface area contributed by atoms with E-state index in [4.69, 9.17) is 0 Å². The molecule has 0 bridgehead atoms. The number of hydrogen-bond donors (Lipinski definition) is 1. The van der Waals surface area contributed by atoms with Gasteiger partial charge in [-0.05, 0) is 18.1 Å². The lowest BCUT2D eigenvalue weighted by Gasteiger charge is -2.26. The van der Waals surface area contributed by atoms with Crippen LogP contribution in [0.15, 0.2) is 73.1 Å². The van der Waals surface area contributed by atoms with Crippen LogP contribution in [0, 0.1) is 6.92 Å². The summed E-state index contributed by atoms with van der Waals surface area (Å²) >= 11 is 0. The van der Waals surface area contributed by atoms with Crippen molar-refractivity contribution >= 4 is 0 Å². The normalized spacial score (nSPS) is 13.8. The summed E-state index contributed by atoms with van der Waals surface area (Å²) in [4.78, 5) is 4.29. The molecule has 3 nitrogen and oxygen atoms in total. The Morgan fingerprint density at radius 1 is 0.905 bits per heavy atom. The summed E-state index contributed by atoms with van der Waals surface area (Å²) < 4.78 is 2.02. The number of benzene rings is 2. The van der Waals surface area contributed by atoms with E-state index in [0.29, 0.717) is 0 Å². The number of aromatic nitrogens is 2. The molecule has 0 fully saturated rings. The van der Waals surface area contributed by atoms with Crippen LogP contribution < -0.4 is 0 Å². The molecule has 21 heavy (non-hydrogen) atoms. The smallest absolute Gasteiger partial charge is 0.106 e. The molecule has 0 spiro atoms. The highest BCUT2D eigenvalue weighted by Gasteiger charge is 2.25. The Bertz CT molecular complexity index is 692. The van der Waals surface area contributed by atoms with Gasteiger partial charge in [-0.1, -0.05) is 60.7 Å². The summed E-state index contributed by atoms with van der Waals surface area (Å²) in [5, 5.41) is 10.9. The predicted molar refractivity (Wildman–Crippen MR) is 82.9 cm³/mol. The highest BCUT2D eigenvalue weighted by molar-refractivity contribution is 5.27. The first-order valence-corrected chi connectivity index (χ1v) is 7.05. The third-order valence-electron chi connectivity index (χ3n) is 3.74. The van der Waals surface area contributed by atoms with Crippen molar-refractivity contribution in [3.63, 3.8) is 0 Å². The Hall–Kier alpha value is -2.39. The van der Waals surface area contributed by atoms with E-state index in [1.807, 2.05) is 78.4 Å². The van der Waals surface area contributed by atoms with Gasteiger partial charge < -0.3 is 9.67 Å². The molecular weight excluding hydrogens is 260 g/mol. The maximum absolute atomic E-state index is 10.9. The van der Waals surface area contributed by atoms with Gasteiger partial charge in [0.2, 0.25) is 0 Å². The number of imidazole rings is 1. The quantitative estimate of drug-likeness (QED) is 0.793. The first kappa shape index (κ1) is 13.6. The Morgan fingerprint density at radius 3 is 2.00 bits per heavy atom. The van der Waals surface area contributed by atoms with Gasteiger partial charge in [0.25, 0.3) is 0 Å². The van der Waals surface area contributed by atoms with Crippen molar-refractivity contribution in [3.05, 3.63) is 90.0 Å². The van der Waals surface area contributed by atoms with Crippen LogP contribution in [-0.4, -0.2) is 14.7 Å². The standard InChI is InChI=1S/C18H18N2O/c1-14-19-12-13-20(14)17(15-8-4-2-5-9-15)18(21)16-10-6-3-7-11-16/h2-13,17-18,21H,1H3. The van der Waals surface area contributed by atoms with Gasteiger partial charge in [0.05, 0.1) is 6.04 Å². The molecule has 1 heterocycles. The molecule has 0 aliphatic carbocycles. The van der Waals surface area contributed by atoms with Crippen LogP contribution >= 0.6 is 0 Å². The highest BCUT2D eigenvalue weighted by atomic mass is 16.3. The lowest BCUT2D eigenvalue weighted by atomic mass is 9.95. The third kappa shape index (κ3) is 2.73. The number of rotatable bonds is 4. The minimum absolute atomic E-state index is 0.184. The Labute approximate surface area is 124 Å². The summed E-state index contributed by atoms with van der Waals surface area (Å²) in [6.07, 6.45) is 3.06. The molecule has 1 N–H and O–H groups in total. The molecule has 1 aromatic heterocycles.